The van der Waals surface area contributed by atoms with Crippen molar-refractivity contribution in [2.24, 2.45) is 5.92 Å². The molecule has 18 heavy (non-hydrogen) atoms. The highest BCUT2D eigenvalue weighted by atomic mass is 16.5. The van der Waals surface area contributed by atoms with Gasteiger partial charge in [0, 0.05) is 39.1 Å². The van der Waals surface area contributed by atoms with E-state index >= 15 is 0 Å². The van der Waals surface area contributed by atoms with Crippen molar-refractivity contribution in [2.75, 3.05) is 32.1 Å². The summed E-state index contributed by atoms with van der Waals surface area (Å²) >= 11 is 0. The third kappa shape index (κ3) is 3.54. The van der Waals surface area contributed by atoms with E-state index in [2.05, 4.69) is 15.7 Å². The summed E-state index contributed by atoms with van der Waals surface area (Å²) in [5, 5.41) is 10.3. The Morgan fingerprint density at radius 2 is 2.61 bits per heavy atom. The van der Waals surface area contributed by atoms with E-state index in [1.54, 1.807) is 7.11 Å². The number of aromatic nitrogens is 2. The molecule has 6 nitrogen and oxygen atoms in total. The fourth-order valence-electron chi connectivity index (χ4n) is 2.03. The van der Waals surface area contributed by atoms with Crippen LogP contribution in [0.3, 0.4) is 0 Å². The van der Waals surface area contributed by atoms with Crippen molar-refractivity contribution < 1.29 is 9.53 Å². The smallest absolute Gasteiger partial charge is 0.230 e. The molecule has 2 heterocycles. The molecule has 1 atom stereocenters. The van der Waals surface area contributed by atoms with Gasteiger partial charge in [-0.15, -0.1) is 0 Å². The molecule has 1 fully saturated rings. The van der Waals surface area contributed by atoms with Crippen LogP contribution in [0.25, 0.3) is 0 Å². The monoisotopic (exact) mass is 252 g/mol. The molecule has 1 amide bonds. The molecule has 0 bridgehead atoms. The lowest BCUT2D eigenvalue weighted by molar-refractivity contribution is -0.119. The van der Waals surface area contributed by atoms with Crippen LogP contribution in [0.2, 0.25) is 0 Å². The van der Waals surface area contributed by atoms with Crippen LogP contribution in [0.4, 0.5) is 5.82 Å². The van der Waals surface area contributed by atoms with Gasteiger partial charge in [-0.05, 0) is 19.4 Å². The number of nitrogens with zero attached hydrogens (tertiary/aromatic N) is 2. The first-order valence-electron chi connectivity index (χ1n) is 6.33. The lowest BCUT2D eigenvalue weighted by Crippen LogP contribution is -2.24. The van der Waals surface area contributed by atoms with Crippen molar-refractivity contribution in [3.05, 3.63) is 12.3 Å². The second-order valence-electron chi connectivity index (χ2n) is 4.49. The molecule has 0 aliphatic carbocycles. The molecule has 1 aliphatic rings. The summed E-state index contributed by atoms with van der Waals surface area (Å²) in [5.41, 5.74) is 0. The lowest BCUT2D eigenvalue weighted by Gasteiger charge is -2.07. The van der Waals surface area contributed by atoms with E-state index in [1.807, 2.05) is 16.9 Å². The largest absolute Gasteiger partial charge is 0.385 e. The zero-order valence-corrected chi connectivity index (χ0v) is 10.7. The Morgan fingerprint density at radius 1 is 1.72 bits per heavy atom. The molecular formula is C12H20N4O2. The summed E-state index contributed by atoms with van der Waals surface area (Å²) in [6.07, 6.45) is 3.69. The van der Waals surface area contributed by atoms with Crippen LogP contribution >= 0.6 is 0 Å². The first-order chi connectivity index (χ1) is 8.79. The molecular weight excluding hydrogens is 232 g/mol. The Labute approximate surface area is 107 Å². The van der Waals surface area contributed by atoms with E-state index in [4.69, 9.17) is 4.74 Å². The maximum absolute atomic E-state index is 11.9. The minimum absolute atomic E-state index is 0.0575. The predicted octanol–water partition coefficient (Wildman–Crippen LogP) is 0.468. The zero-order chi connectivity index (χ0) is 12.8. The van der Waals surface area contributed by atoms with Gasteiger partial charge < -0.3 is 15.4 Å². The lowest BCUT2D eigenvalue weighted by atomic mass is 10.1. The predicted molar refractivity (Wildman–Crippen MR) is 68.3 cm³/mol. The number of carbonyl (C=O) groups is 1. The van der Waals surface area contributed by atoms with E-state index in [-0.39, 0.29) is 11.8 Å². The van der Waals surface area contributed by atoms with Gasteiger partial charge in [-0.1, -0.05) is 0 Å². The summed E-state index contributed by atoms with van der Waals surface area (Å²) in [6.45, 7) is 3.20. The van der Waals surface area contributed by atoms with Crippen molar-refractivity contribution in [2.45, 2.75) is 19.4 Å². The van der Waals surface area contributed by atoms with Gasteiger partial charge >= 0.3 is 0 Å². The Morgan fingerprint density at radius 3 is 3.33 bits per heavy atom. The summed E-state index contributed by atoms with van der Waals surface area (Å²) in [4.78, 5) is 11.9. The summed E-state index contributed by atoms with van der Waals surface area (Å²) in [5.74, 6) is 0.759. The van der Waals surface area contributed by atoms with Crippen molar-refractivity contribution in [3.8, 4) is 0 Å². The summed E-state index contributed by atoms with van der Waals surface area (Å²) in [6, 6.07) is 1.83. The van der Waals surface area contributed by atoms with Crippen LogP contribution in [0.1, 0.15) is 12.8 Å². The second kappa shape index (κ2) is 6.51. The standard InChI is InChI=1S/C12H20N4O2/c1-18-8-2-6-16-7-4-11(15-16)14-12(17)10-3-5-13-9-10/h4,7,10,13H,2-3,5-6,8-9H2,1H3,(H,14,15,17)/t10-/m1/s1. The molecule has 1 saturated heterocycles. The van der Waals surface area contributed by atoms with Gasteiger partial charge in [0.25, 0.3) is 0 Å². The van der Waals surface area contributed by atoms with Crippen LogP contribution in [-0.2, 0) is 16.1 Å². The van der Waals surface area contributed by atoms with Crippen LogP contribution in [0, 0.1) is 5.92 Å². The number of hydrogen-bond acceptors (Lipinski definition) is 4. The highest BCUT2D eigenvalue weighted by Gasteiger charge is 2.22. The number of amides is 1. The molecule has 1 aromatic rings. The SMILES string of the molecule is COCCCn1ccc(NC(=O)[C@@H]2CCNC2)n1. The summed E-state index contributed by atoms with van der Waals surface area (Å²) in [7, 11) is 1.68. The Bertz CT molecular complexity index is 385. The zero-order valence-electron chi connectivity index (χ0n) is 10.7. The molecule has 0 aromatic carbocycles. The van der Waals surface area contributed by atoms with Crippen LogP contribution < -0.4 is 10.6 Å². The van der Waals surface area contributed by atoms with Gasteiger partial charge in [-0.3, -0.25) is 9.48 Å². The number of rotatable bonds is 6. The molecule has 100 valence electrons. The van der Waals surface area contributed by atoms with Gasteiger partial charge in [-0.2, -0.15) is 5.10 Å². The molecule has 1 aliphatic heterocycles. The number of nitrogens with one attached hydrogen (secondary N) is 2. The molecule has 1 aromatic heterocycles. The number of methoxy groups -OCH3 is 1. The number of carbonyl (C=O) groups excluding carboxylic acids is 1. The molecule has 0 radical (unpaired) electrons. The summed E-state index contributed by atoms with van der Waals surface area (Å²) < 4.78 is 6.81. The third-order valence-corrected chi connectivity index (χ3v) is 3.06. The molecule has 0 saturated carbocycles. The van der Waals surface area contributed by atoms with Gasteiger partial charge in [0.1, 0.15) is 0 Å². The van der Waals surface area contributed by atoms with E-state index < -0.39 is 0 Å². The average molecular weight is 252 g/mol. The van der Waals surface area contributed by atoms with Crippen LogP contribution in [0.5, 0.6) is 0 Å². The maximum atomic E-state index is 11.9. The number of aryl methyl sites for hydroxylation is 1. The Balaban J connectivity index is 1.80. The van der Waals surface area contributed by atoms with Crippen molar-refractivity contribution >= 4 is 11.7 Å². The minimum atomic E-state index is 0.0575. The second-order valence-corrected chi connectivity index (χ2v) is 4.49. The Kier molecular flexibility index (Phi) is 4.72. The molecule has 6 heteroatoms. The Hall–Kier alpha value is -1.40. The van der Waals surface area contributed by atoms with Gasteiger partial charge in [0.2, 0.25) is 5.91 Å². The fourth-order valence-corrected chi connectivity index (χ4v) is 2.03. The highest BCUT2D eigenvalue weighted by Crippen LogP contribution is 2.11. The van der Waals surface area contributed by atoms with E-state index in [1.165, 1.54) is 0 Å². The van der Waals surface area contributed by atoms with Crippen molar-refractivity contribution in [3.63, 3.8) is 0 Å². The van der Waals surface area contributed by atoms with E-state index in [9.17, 15) is 4.79 Å². The first-order valence-corrected chi connectivity index (χ1v) is 6.33. The molecule has 2 rings (SSSR count). The number of anilines is 1. The minimum Gasteiger partial charge on any atom is -0.385 e. The van der Waals surface area contributed by atoms with Gasteiger partial charge in [-0.25, -0.2) is 0 Å². The molecule has 0 spiro atoms. The third-order valence-electron chi connectivity index (χ3n) is 3.06. The number of hydrogen-bond donors (Lipinski definition) is 2. The average Bonchev–Trinajstić information content (AvgIpc) is 3.00. The van der Waals surface area contributed by atoms with Crippen molar-refractivity contribution in [1.29, 1.82) is 0 Å². The van der Waals surface area contributed by atoms with Gasteiger partial charge in [0.05, 0.1) is 5.92 Å². The normalized spacial score (nSPS) is 19.1. The topological polar surface area (TPSA) is 68.2 Å². The van der Waals surface area contributed by atoms with E-state index in [0.29, 0.717) is 5.82 Å². The van der Waals surface area contributed by atoms with Crippen molar-refractivity contribution in [1.82, 2.24) is 15.1 Å². The van der Waals surface area contributed by atoms with Crippen LogP contribution in [-0.4, -0.2) is 42.5 Å². The highest BCUT2D eigenvalue weighted by molar-refractivity contribution is 5.91. The first kappa shape index (κ1) is 13.0. The van der Waals surface area contributed by atoms with E-state index in [0.717, 1.165) is 39.1 Å². The molecule has 0 unspecified atom stereocenters. The van der Waals surface area contributed by atoms with Crippen LogP contribution in [0.15, 0.2) is 12.3 Å². The fraction of sp³-hybridized carbons (Fsp3) is 0.667. The quantitative estimate of drug-likeness (QED) is 0.722. The molecule has 2 N–H and O–H groups in total. The number of ether oxygens (including phenoxy) is 1. The maximum Gasteiger partial charge on any atom is 0.230 e. The van der Waals surface area contributed by atoms with Gasteiger partial charge in [0.15, 0.2) is 5.82 Å².